The summed E-state index contributed by atoms with van der Waals surface area (Å²) in [5.74, 6) is -0.488. The van der Waals surface area contributed by atoms with Crippen LogP contribution < -0.4 is 10.2 Å². The molecule has 4 aromatic rings. The second-order valence-electron chi connectivity index (χ2n) is 7.95. The Morgan fingerprint density at radius 2 is 1.81 bits per heavy atom. The number of pyridine rings is 1. The van der Waals surface area contributed by atoms with E-state index in [1.54, 1.807) is 13.2 Å². The van der Waals surface area contributed by atoms with Crippen LogP contribution in [0.2, 0.25) is 0 Å². The number of fused-ring (bicyclic) bond motifs is 1. The van der Waals surface area contributed by atoms with Crippen LogP contribution in [0.3, 0.4) is 0 Å². The molecular formula is C23H23F2N7. The Morgan fingerprint density at radius 3 is 2.50 bits per heavy atom. The van der Waals surface area contributed by atoms with Gasteiger partial charge in [0.2, 0.25) is 0 Å². The second kappa shape index (κ2) is 8.58. The normalized spacial score (nSPS) is 14.3. The third-order valence-corrected chi connectivity index (χ3v) is 5.71. The molecular weight excluding hydrogens is 412 g/mol. The van der Waals surface area contributed by atoms with Gasteiger partial charge in [-0.3, -0.25) is 5.10 Å². The van der Waals surface area contributed by atoms with Crippen molar-refractivity contribution in [2.45, 2.75) is 25.8 Å². The van der Waals surface area contributed by atoms with E-state index in [1.165, 1.54) is 37.6 Å². The Kier molecular flexibility index (Phi) is 5.48. The number of aromatic nitrogens is 5. The predicted molar refractivity (Wildman–Crippen MR) is 119 cm³/mol. The lowest BCUT2D eigenvalue weighted by atomic mass is 10.1. The van der Waals surface area contributed by atoms with Crippen LogP contribution in [0.5, 0.6) is 0 Å². The van der Waals surface area contributed by atoms with Gasteiger partial charge in [0.25, 0.3) is 0 Å². The number of halogens is 2. The number of hydrogen-bond acceptors (Lipinski definition) is 6. The standard InChI is InChI=1S/C23H23F2N7/c1-26-11-14-9-16(24)20(17(25)10-14)23-28-13-18-22(29-23)21(31-30-18)15-5-6-19(27-12-15)32-7-3-2-4-8-32/h5-6,9-10,12-13,26H,2-4,7-8,11H2,1H3,(H,30,31). The summed E-state index contributed by atoms with van der Waals surface area (Å²) in [5, 5.41) is 10.1. The molecule has 1 fully saturated rings. The summed E-state index contributed by atoms with van der Waals surface area (Å²) in [6, 6.07) is 6.51. The van der Waals surface area contributed by atoms with Crippen LogP contribution in [0.4, 0.5) is 14.6 Å². The van der Waals surface area contributed by atoms with Gasteiger partial charge in [0.15, 0.2) is 5.82 Å². The first-order chi connectivity index (χ1) is 15.6. The van der Waals surface area contributed by atoms with Crippen LogP contribution >= 0.6 is 0 Å². The summed E-state index contributed by atoms with van der Waals surface area (Å²) >= 11 is 0. The molecule has 164 valence electrons. The van der Waals surface area contributed by atoms with E-state index >= 15 is 0 Å². The smallest absolute Gasteiger partial charge is 0.165 e. The first-order valence-electron chi connectivity index (χ1n) is 10.7. The molecule has 1 aliphatic rings. The fourth-order valence-corrected chi connectivity index (χ4v) is 4.12. The Balaban J connectivity index is 1.51. The molecule has 9 heteroatoms. The minimum atomic E-state index is -0.702. The van der Waals surface area contributed by atoms with Gasteiger partial charge in [0.1, 0.15) is 34.2 Å². The van der Waals surface area contributed by atoms with Gasteiger partial charge >= 0.3 is 0 Å². The van der Waals surface area contributed by atoms with Crippen LogP contribution in [0, 0.1) is 11.6 Å². The highest BCUT2D eigenvalue weighted by Crippen LogP contribution is 2.30. The van der Waals surface area contributed by atoms with Crippen molar-refractivity contribution in [1.29, 1.82) is 0 Å². The summed E-state index contributed by atoms with van der Waals surface area (Å²) in [6.45, 7) is 2.39. The molecule has 5 rings (SSSR count). The fraction of sp³-hybridized carbons (Fsp3) is 0.304. The van der Waals surface area contributed by atoms with Gasteiger partial charge in [0.05, 0.1) is 11.8 Å². The van der Waals surface area contributed by atoms with Crippen LogP contribution in [0.15, 0.2) is 36.7 Å². The van der Waals surface area contributed by atoms with E-state index in [-0.39, 0.29) is 11.4 Å². The minimum absolute atomic E-state index is 0.0240. The molecule has 4 heterocycles. The molecule has 0 saturated carbocycles. The van der Waals surface area contributed by atoms with E-state index in [9.17, 15) is 8.78 Å². The topological polar surface area (TPSA) is 82.6 Å². The Hall–Kier alpha value is -3.46. The number of rotatable bonds is 5. The molecule has 1 aromatic carbocycles. The molecule has 0 radical (unpaired) electrons. The third kappa shape index (κ3) is 3.80. The van der Waals surface area contributed by atoms with Gasteiger partial charge in [-0.15, -0.1) is 0 Å². The van der Waals surface area contributed by atoms with Crippen LogP contribution in [-0.4, -0.2) is 45.3 Å². The van der Waals surface area contributed by atoms with Gasteiger partial charge < -0.3 is 10.2 Å². The molecule has 0 amide bonds. The molecule has 7 nitrogen and oxygen atoms in total. The molecule has 2 N–H and O–H groups in total. The van der Waals surface area contributed by atoms with Crippen LogP contribution in [0.25, 0.3) is 33.7 Å². The van der Waals surface area contributed by atoms with E-state index in [1.807, 2.05) is 12.1 Å². The fourth-order valence-electron chi connectivity index (χ4n) is 4.12. The SMILES string of the molecule is CNCc1cc(F)c(-c2ncc3[nH]nc(-c4ccc(N5CCCCC5)nc4)c3n2)c(F)c1. The van der Waals surface area contributed by atoms with E-state index in [4.69, 9.17) is 0 Å². The van der Waals surface area contributed by atoms with Crippen molar-refractivity contribution in [3.05, 3.63) is 53.9 Å². The maximum absolute atomic E-state index is 14.7. The molecule has 0 aliphatic carbocycles. The lowest BCUT2D eigenvalue weighted by Gasteiger charge is -2.27. The molecule has 0 atom stereocenters. The van der Waals surface area contributed by atoms with E-state index in [0.29, 0.717) is 28.8 Å². The Morgan fingerprint density at radius 1 is 1.03 bits per heavy atom. The highest BCUT2D eigenvalue weighted by atomic mass is 19.1. The maximum atomic E-state index is 14.7. The number of piperidine rings is 1. The molecule has 0 unspecified atom stereocenters. The Labute approximate surface area is 183 Å². The van der Waals surface area contributed by atoms with Gasteiger partial charge in [0, 0.05) is 31.4 Å². The number of H-pyrrole nitrogens is 1. The number of aromatic amines is 1. The van der Waals surface area contributed by atoms with Crippen molar-refractivity contribution in [2.75, 3.05) is 25.0 Å². The lowest BCUT2D eigenvalue weighted by molar-refractivity contribution is 0.573. The van der Waals surface area contributed by atoms with Crippen molar-refractivity contribution < 1.29 is 8.78 Å². The zero-order chi connectivity index (χ0) is 22.1. The monoisotopic (exact) mass is 435 g/mol. The maximum Gasteiger partial charge on any atom is 0.165 e. The molecule has 1 aliphatic heterocycles. The summed E-state index contributed by atoms with van der Waals surface area (Å²) in [5.41, 5.74) is 2.66. The number of nitrogens with zero attached hydrogens (tertiary/aromatic N) is 5. The van der Waals surface area contributed by atoms with Gasteiger partial charge in [-0.05, 0) is 56.1 Å². The van der Waals surface area contributed by atoms with E-state index in [0.717, 1.165) is 24.5 Å². The highest BCUT2D eigenvalue weighted by molar-refractivity contribution is 5.90. The molecule has 3 aromatic heterocycles. The highest BCUT2D eigenvalue weighted by Gasteiger charge is 2.19. The van der Waals surface area contributed by atoms with Crippen LogP contribution in [0.1, 0.15) is 24.8 Å². The summed E-state index contributed by atoms with van der Waals surface area (Å²) < 4.78 is 29.4. The summed E-state index contributed by atoms with van der Waals surface area (Å²) in [7, 11) is 1.72. The van der Waals surface area contributed by atoms with Gasteiger partial charge in [-0.1, -0.05) is 0 Å². The first-order valence-corrected chi connectivity index (χ1v) is 10.7. The largest absolute Gasteiger partial charge is 0.357 e. The first kappa shape index (κ1) is 20.4. The quantitative estimate of drug-likeness (QED) is 0.492. The average Bonchev–Trinajstić information content (AvgIpc) is 3.23. The lowest BCUT2D eigenvalue weighted by Crippen LogP contribution is -2.29. The van der Waals surface area contributed by atoms with E-state index < -0.39 is 11.6 Å². The molecule has 32 heavy (non-hydrogen) atoms. The average molecular weight is 435 g/mol. The summed E-state index contributed by atoms with van der Waals surface area (Å²) in [4.78, 5) is 15.5. The molecule has 0 spiro atoms. The number of benzene rings is 1. The zero-order valence-corrected chi connectivity index (χ0v) is 17.7. The number of nitrogens with one attached hydrogen (secondary N) is 2. The van der Waals surface area contributed by atoms with Gasteiger partial charge in [-0.2, -0.15) is 5.10 Å². The van der Waals surface area contributed by atoms with Gasteiger partial charge in [-0.25, -0.2) is 23.7 Å². The molecule has 0 bridgehead atoms. The van der Waals surface area contributed by atoms with Crippen molar-refractivity contribution in [3.8, 4) is 22.6 Å². The number of hydrogen-bond donors (Lipinski definition) is 2. The minimum Gasteiger partial charge on any atom is -0.357 e. The van der Waals surface area contributed by atoms with Crippen molar-refractivity contribution in [3.63, 3.8) is 0 Å². The van der Waals surface area contributed by atoms with Crippen molar-refractivity contribution >= 4 is 16.9 Å². The van der Waals surface area contributed by atoms with Crippen molar-refractivity contribution in [2.24, 2.45) is 0 Å². The zero-order valence-electron chi connectivity index (χ0n) is 17.7. The summed E-state index contributed by atoms with van der Waals surface area (Å²) in [6.07, 6.45) is 6.86. The second-order valence-corrected chi connectivity index (χ2v) is 7.95. The van der Waals surface area contributed by atoms with Crippen molar-refractivity contribution in [1.82, 2.24) is 30.5 Å². The Bertz CT molecular complexity index is 1220. The third-order valence-electron chi connectivity index (χ3n) is 5.71. The number of anilines is 1. The van der Waals surface area contributed by atoms with Crippen LogP contribution in [-0.2, 0) is 6.54 Å². The predicted octanol–water partition coefficient (Wildman–Crippen LogP) is 4.07. The molecule has 1 saturated heterocycles. The van der Waals surface area contributed by atoms with E-state index in [2.05, 4.69) is 35.4 Å².